The second kappa shape index (κ2) is 5.85. The van der Waals surface area contributed by atoms with Crippen LogP contribution in [0.5, 0.6) is 0 Å². The van der Waals surface area contributed by atoms with Gasteiger partial charge in [0.05, 0.1) is 0 Å². The minimum Gasteiger partial charge on any atom is -0.373 e. The van der Waals surface area contributed by atoms with Gasteiger partial charge in [-0.05, 0) is 18.7 Å². The van der Waals surface area contributed by atoms with Crippen molar-refractivity contribution in [1.82, 2.24) is 14.2 Å². The minimum absolute atomic E-state index is 0.261. The molecule has 1 N–H and O–H groups in total. The highest BCUT2D eigenvalue weighted by atomic mass is 32.2. The van der Waals surface area contributed by atoms with E-state index >= 15 is 0 Å². The van der Waals surface area contributed by atoms with Crippen molar-refractivity contribution in [3.8, 4) is 0 Å². The number of hydrogen-bond acceptors (Lipinski definition) is 5. The van der Waals surface area contributed by atoms with Gasteiger partial charge in [0.15, 0.2) is 0 Å². The van der Waals surface area contributed by atoms with Gasteiger partial charge in [-0.2, -0.15) is 4.31 Å². The lowest BCUT2D eigenvalue weighted by molar-refractivity contribution is 0.196. The average molecular weight is 284 g/mol. The summed E-state index contributed by atoms with van der Waals surface area (Å²) in [5.41, 5.74) is 0. The molecule has 19 heavy (non-hydrogen) atoms. The van der Waals surface area contributed by atoms with Crippen molar-refractivity contribution in [3.05, 3.63) is 18.3 Å². The summed E-state index contributed by atoms with van der Waals surface area (Å²) in [5.74, 6) is 0.662. The molecule has 0 spiro atoms. The Labute approximate surface area is 114 Å². The molecule has 0 radical (unpaired) electrons. The number of pyridine rings is 1. The Morgan fingerprint density at radius 3 is 2.42 bits per heavy atom. The summed E-state index contributed by atoms with van der Waals surface area (Å²) in [5, 5.41) is 2.87. The van der Waals surface area contributed by atoms with E-state index in [0.717, 1.165) is 19.6 Å². The SMILES string of the molecule is CCN1CCN(S(=O)(=O)c2ccc(NC)nc2)CC1. The van der Waals surface area contributed by atoms with Crippen LogP contribution in [0.2, 0.25) is 0 Å². The van der Waals surface area contributed by atoms with Crippen LogP contribution in [0.1, 0.15) is 6.92 Å². The van der Waals surface area contributed by atoms with Crippen molar-refractivity contribution in [2.75, 3.05) is 45.1 Å². The van der Waals surface area contributed by atoms with Gasteiger partial charge in [-0.15, -0.1) is 0 Å². The number of piperazine rings is 1. The number of rotatable bonds is 4. The first-order chi connectivity index (χ1) is 9.07. The maximum Gasteiger partial charge on any atom is 0.244 e. The highest BCUT2D eigenvalue weighted by Gasteiger charge is 2.28. The standard InChI is InChI=1S/C12H20N4O2S/c1-3-15-6-8-16(9-7-15)19(17,18)11-4-5-12(13-2)14-10-11/h4-5,10H,3,6-9H2,1-2H3,(H,13,14). The largest absolute Gasteiger partial charge is 0.373 e. The molecule has 1 aromatic rings. The summed E-state index contributed by atoms with van der Waals surface area (Å²) >= 11 is 0. The van der Waals surface area contributed by atoms with Gasteiger partial charge in [0, 0.05) is 39.4 Å². The number of anilines is 1. The van der Waals surface area contributed by atoms with Crippen LogP contribution in [-0.2, 0) is 10.0 Å². The Morgan fingerprint density at radius 2 is 1.95 bits per heavy atom. The van der Waals surface area contributed by atoms with Gasteiger partial charge in [-0.1, -0.05) is 6.92 Å². The second-order valence-electron chi connectivity index (χ2n) is 4.47. The van der Waals surface area contributed by atoms with Crippen LogP contribution < -0.4 is 5.32 Å². The molecule has 0 bridgehead atoms. The minimum atomic E-state index is -3.40. The monoisotopic (exact) mass is 284 g/mol. The predicted molar refractivity (Wildman–Crippen MR) is 74.7 cm³/mol. The van der Waals surface area contributed by atoms with E-state index in [1.54, 1.807) is 19.2 Å². The van der Waals surface area contributed by atoms with Gasteiger partial charge in [-0.3, -0.25) is 0 Å². The molecule has 1 aliphatic heterocycles. The van der Waals surface area contributed by atoms with Crippen LogP contribution in [0.15, 0.2) is 23.2 Å². The van der Waals surface area contributed by atoms with Crippen molar-refractivity contribution in [2.24, 2.45) is 0 Å². The van der Waals surface area contributed by atoms with E-state index in [9.17, 15) is 8.42 Å². The molecule has 0 unspecified atom stereocenters. The Bertz CT molecular complexity index is 507. The van der Waals surface area contributed by atoms with Gasteiger partial charge >= 0.3 is 0 Å². The summed E-state index contributed by atoms with van der Waals surface area (Å²) in [6, 6.07) is 3.27. The number of hydrogen-bond donors (Lipinski definition) is 1. The maximum atomic E-state index is 12.4. The van der Waals surface area contributed by atoms with Crippen molar-refractivity contribution >= 4 is 15.8 Å². The Morgan fingerprint density at radius 1 is 1.26 bits per heavy atom. The molecular formula is C12H20N4O2S. The molecule has 1 aliphatic rings. The summed E-state index contributed by atoms with van der Waals surface area (Å²) in [7, 11) is -1.65. The normalized spacial score (nSPS) is 18.4. The van der Waals surface area contributed by atoms with E-state index < -0.39 is 10.0 Å². The fourth-order valence-electron chi connectivity index (χ4n) is 2.12. The number of sulfonamides is 1. The van der Waals surface area contributed by atoms with Crippen molar-refractivity contribution in [3.63, 3.8) is 0 Å². The van der Waals surface area contributed by atoms with E-state index in [0.29, 0.717) is 18.9 Å². The van der Waals surface area contributed by atoms with Crippen molar-refractivity contribution in [1.29, 1.82) is 0 Å². The molecule has 1 saturated heterocycles. The van der Waals surface area contributed by atoms with Crippen LogP contribution in [-0.4, -0.2) is 62.4 Å². The molecule has 0 atom stereocenters. The first-order valence-corrected chi connectivity index (χ1v) is 7.88. The van der Waals surface area contributed by atoms with Crippen molar-refractivity contribution < 1.29 is 8.42 Å². The fourth-order valence-corrected chi connectivity index (χ4v) is 3.48. The number of nitrogens with zero attached hydrogens (tertiary/aromatic N) is 3. The second-order valence-corrected chi connectivity index (χ2v) is 6.41. The van der Waals surface area contributed by atoms with E-state index in [1.165, 1.54) is 10.5 Å². The van der Waals surface area contributed by atoms with Crippen LogP contribution >= 0.6 is 0 Å². The van der Waals surface area contributed by atoms with Crippen LogP contribution in [0.3, 0.4) is 0 Å². The summed E-state index contributed by atoms with van der Waals surface area (Å²) in [6.07, 6.45) is 1.41. The molecular weight excluding hydrogens is 264 g/mol. The van der Waals surface area contributed by atoms with E-state index in [1.807, 2.05) is 0 Å². The van der Waals surface area contributed by atoms with Crippen LogP contribution in [0.25, 0.3) is 0 Å². The number of nitrogens with one attached hydrogen (secondary N) is 1. The van der Waals surface area contributed by atoms with E-state index in [-0.39, 0.29) is 4.90 Å². The predicted octanol–water partition coefficient (Wildman–Crippen LogP) is 0.449. The molecule has 2 rings (SSSR count). The smallest absolute Gasteiger partial charge is 0.244 e. The van der Waals surface area contributed by atoms with Gasteiger partial charge in [-0.25, -0.2) is 13.4 Å². The highest BCUT2D eigenvalue weighted by molar-refractivity contribution is 7.89. The van der Waals surface area contributed by atoms with Crippen LogP contribution in [0.4, 0.5) is 5.82 Å². The fraction of sp³-hybridized carbons (Fsp3) is 0.583. The molecule has 1 fully saturated rings. The lowest BCUT2D eigenvalue weighted by Gasteiger charge is -2.33. The summed E-state index contributed by atoms with van der Waals surface area (Å²) in [6.45, 7) is 5.72. The van der Waals surface area contributed by atoms with Crippen molar-refractivity contribution in [2.45, 2.75) is 11.8 Å². The quantitative estimate of drug-likeness (QED) is 0.869. The molecule has 0 amide bonds. The van der Waals surface area contributed by atoms with Gasteiger partial charge in [0.2, 0.25) is 10.0 Å². The summed E-state index contributed by atoms with van der Waals surface area (Å²) < 4.78 is 26.4. The molecule has 0 aromatic carbocycles. The molecule has 106 valence electrons. The Hall–Kier alpha value is -1.18. The highest BCUT2D eigenvalue weighted by Crippen LogP contribution is 2.17. The zero-order valence-corrected chi connectivity index (χ0v) is 12.2. The third kappa shape index (κ3) is 3.05. The third-order valence-electron chi connectivity index (χ3n) is 3.41. The average Bonchev–Trinajstić information content (AvgIpc) is 2.47. The Balaban J connectivity index is 2.13. The first-order valence-electron chi connectivity index (χ1n) is 6.44. The topological polar surface area (TPSA) is 65.5 Å². The lowest BCUT2D eigenvalue weighted by Crippen LogP contribution is -2.48. The molecule has 2 heterocycles. The molecule has 0 saturated carbocycles. The van der Waals surface area contributed by atoms with Gasteiger partial charge in [0.25, 0.3) is 0 Å². The zero-order chi connectivity index (χ0) is 13.9. The molecule has 1 aromatic heterocycles. The lowest BCUT2D eigenvalue weighted by atomic mass is 10.4. The summed E-state index contributed by atoms with van der Waals surface area (Å²) in [4.78, 5) is 6.57. The maximum absolute atomic E-state index is 12.4. The van der Waals surface area contributed by atoms with Gasteiger partial charge < -0.3 is 10.2 Å². The van der Waals surface area contributed by atoms with Crippen LogP contribution in [0, 0.1) is 0 Å². The van der Waals surface area contributed by atoms with E-state index in [4.69, 9.17) is 0 Å². The van der Waals surface area contributed by atoms with Gasteiger partial charge in [0.1, 0.15) is 10.7 Å². The third-order valence-corrected chi connectivity index (χ3v) is 5.29. The molecule has 6 nitrogen and oxygen atoms in total. The number of likely N-dealkylation sites (N-methyl/N-ethyl adjacent to an activating group) is 1. The zero-order valence-electron chi connectivity index (χ0n) is 11.3. The number of aromatic nitrogens is 1. The molecule has 7 heteroatoms. The first kappa shape index (κ1) is 14.2. The molecule has 0 aliphatic carbocycles. The van der Waals surface area contributed by atoms with E-state index in [2.05, 4.69) is 22.1 Å². The Kier molecular flexibility index (Phi) is 4.38.